The van der Waals surface area contributed by atoms with Crippen LogP contribution in [-0.4, -0.2) is 40.5 Å². The van der Waals surface area contributed by atoms with Crippen LogP contribution in [-0.2, 0) is 15.3 Å². The van der Waals surface area contributed by atoms with E-state index in [2.05, 4.69) is 0 Å². The maximum Gasteiger partial charge on any atom is 0.321 e. The third kappa shape index (κ3) is 9.86. The summed E-state index contributed by atoms with van der Waals surface area (Å²) >= 11 is 13.5. The maximum absolute atomic E-state index is 9.85. The monoisotopic (exact) mass is 368 g/mol. The minimum absolute atomic E-state index is 0.532. The van der Waals surface area contributed by atoms with Gasteiger partial charge >= 0.3 is 11.9 Å². The molecule has 1 aromatic carbocycles. The lowest BCUT2D eigenvalue weighted by Crippen LogP contribution is -2.32. The fraction of sp³-hybridized carbons (Fsp3) is 0.385. The SMILES string of the molecule is NCCSCc1ccc(Cl)cc1Cl.N[C@@H](CC(=O)O)C(=O)O. The van der Waals surface area contributed by atoms with E-state index in [9.17, 15) is 9.59 Å². The Kier molecular flexibility index (Phi) is 11.0. The minimum Gasteiger partial charge on any atom is -0.481 e. The van der Waals surface area contributed by atoms with Crippen molar-refractivity contribution in [3.05, 3.63) is 33.8 Å². The second-order valence-corrected chi connectivity index (χ2v) is 6.07. The molecule has 0 fully saturated rings. The number of carbonyl (C=O) groups is 2. The van der Waals surface area contributed by atoms with Crippen molar-refractivity contribution in [2.45, 2.75) is 18.2 Å². The average Bonchev–Trinajstić information content (AvgIpc) is 2.41. The van der Waals surface area contributed by atoms with Gasteiger partial charge in [0, 0.05) is 28.1 Å². The lowest BCUT2D eigenvalue weighted by molar-refractivity contribution is -0.144. The first kappa shape index (κ1) is 21.0. The number of carboxylic acids is 2. The van der Waals surface area contributed by atoms with Crippen molar-refractivity contribution in [2.24, 2.45) is 11.5 Å². The van der Waals surface area contributed by atoms with Crippen molar-refractivity contribution in [1.82, 2.24) is 0 Å². The molecule has 1 aromatic rings. The summed E-state index contributed by atoms with van der Waals surface area (Å²) in [5.41, 5.74) is 11.3. The highest BCUT2D eigenvalue weighted by Gasteiger charge is 2.14. The molecule has 0 aliphatic heterocycles. The molecule has 124 valence electrons. The second kappa shape index (κ2) is 11.6. The summed E-state index contributed by atoms with van der Waals surface area (Å²) in [6, 6.07) is 4.28. The first-order valence-corrected chi connectivity index (χ1v) is 8.11. The van der Waals surface area contributed by atoms with E-state index in [1.165, 1.54) is 0 Å². The van der Waals surface area contributed by atoms with Crippen LogP contribution >= 0.6 is 35.0 Å². The van der Waals surface area contributed by atoms with Crippen LogP contribution in [0.1, 0.15) is 12.0 Å². The first-order chi connectivity index (χ1) is 10.3. The highest BCUT2D eigenvalue weighted by Crippen LogP contribution is 2.24. The standard InChI is InChI=1S/C9H11Cl2NS.C4H7NO4/c10-8-2-1-7(9(11)5-8)6-13-4-3-12;5-2(4(8)9)1-3(6)7/h1-2,5H,3-4,6,12H2;2H,1,5H2,(H,6,7)(H,8,9)/t;2-/m.0/s1. The van der Waals surface area contributed by atoms with E-state index in [0.717, 1.165) is 22.1 Å². The molecule has 0 saturated heterocycles. The molecule has 1 atom stereocenters. The zero-order valence-electron chi connectivity index (χ0n) is 11.7. The van der Waals surface area contributed by atoms with E-state index in [-0.39, 0.29) is 0 Å². The van der Waals surface area contributed by atoms with Crippen molar-refractivity contribution < 1.29 is 19.8 Å². The number of halogens is 2. The first-order valence-electron chi connectivity index (χ1n) is 6.19. The number of hydrogen-bond acceptors (Lipinski definition) is 5. The normalized spacial score (nSPS) is 11.3. The van der Waals surface area contributed by atoms with Crippen LogP contribution in [0.2, 0.25) is 10.0 Å². The smallest absolute Gasteiger partial charge is 0.321 e. The van der Waals surface area contributed by atoms with Crippen molar-refractivity contribution in [3.8, 4) is 0 Å². The number of thioether (sulfide) groups is 1. The van der Waals surface area contributed by atoms with Gasteiger partial charge in [0.2, 0.25) is 0 Å². The summed E-state index contributed by atoms with van der Waals surface area (Å²) in [5.74, 6) is -0.645. The molecule has 22 heavy (non-hydrogen) atoms. The average molecular weight is 369 g/mol. The van der Waals surface area contributed by atoms with Crippen molar-refractivity contribution in [2.75, 3.05) is 12.3 Å². The molecular weight excluding hydrogens is 351 g/mol. The molecule has 0 aliphatic carbocycles. The molecular formula is C13H18Cl2N2O4S. The van der Waals surface area contributed by atoms with Gasteiger partial charge < -0.3 is 21.7 Å². The lowest BCUT2D eigenvalue weighted by Gasteiger charge is -2.03. The van der Waals surface area contributed by atoms with Gasteiger partial charge in [-0.2, -0.15) is 11.8 Å². The molecule has 0 radical (unpaired) electrons. The van der Waals surface area contributed by atoms with Gasteiger partial charge in [0.1, 0.15) is 6.04 Å². The van der Waals surface area contributed by atoms with E-state index >= 15 is 0 Å². The molecule has 0 amide bonds. The van der Waals surface area contributed by atoms with Crippen LogP contribution in [0.5, 0.6) is 0 Å². The van der Waals surface area contributed by atoms with E-state index < -0.39 is 24.4 Å². The summed E-state index contributed by atoms with van der Waals surface area (Å²) in [7, 11) is 0. The van der Waals surface area contributed by atoms with Gasteiger partial charge in [0.05, 0.1) is 6.42 Å². The molecule has 0 heterocycles. The predicted octanol–water partition coefficient (Wildman–Crippen LogP) is 2.06. The number of nitrogens with two attached hydrogens (primary N) is 2. The molecule has 1 rings (SSSR count). The van der Waals surface area contributed by atoms with Crippen LogP contribution in [0.25, 0.3) is 0 Å². The predicted molar refractivity (Wildman–Crippen MR) is 89.5 cm³/mol. The van der Waals surface area contributed by atoms with E-state index in [0.29, 0.717) is 11.6 Å². The highest BCUT2D eigenvalue weighted by atomic mass is 35.5. The van der Waals surface area contributed by atoms with Crippen LogP contribution < -0.4 is 11.5 Å². The number of hydrogen-bond donors (Lipinski definition) is 4. The fourth-order valence-corrected chi connectivity index (χ4v) is 2.52. The van der Waals surface area contributed by atoms with Crippen molar-refractivity contribution in [3.63, 3.8) is 0 Å². The van der Waals surface area contributed by atoms with Crippen LogP contribution in [0.3, 0.4) is 0 Å². The van der Waals surface area contributed by atoms with E-state index in [4.69, 9.17) is 44.9 Å². The molecule has 9 heteroatoms. The summed E-state index contributed by atoms with van der Waals surface area (Å²) in [6.45, 7) is 0.704. The number of rotatable bonds is 7. The highest BCUT2D eigenvalue weighted by molar-refractivity contribution is 7.98. The summed E-state index contributed by atoms with van der Waals surface area (Å²) in [6.07, 6.45) is -0.532. The Morgan fingerprint density at radius 1 is 1.27 bits per heavy atom. The van der Waals surface area contributed by atoms with Gasteiger partial charge in [-0.1, -0.05) is 29.3 Å². The van der Waals surface area contributed by atoms with Crippen molar-refractivity contribution >= 4 is 46.9 Å². The fourth-order valence-electron chi connectivity index (χ4n) is 1.18. The van der Waals surface area contributed by atoms with Gasteiger partial charge in [-0.05, 0) is 17.7 Å². The maximum atomic E-state index is 9.85. The summed E-state index contributed by atoms with van der Waals surface area (Å²) in [4.78, 5) is 19.6. The molecule has 6 N–H and O–H groups in total. The van der Waals surface area contributed by atoms with Gasteiger partial charge in [-0.15, -0.1) is 0 Å². The Labute approximate surface area is 142 Å². The Morgan fingerprint density at radius 3 is 2.32 bits per heavy atom. The Bertz CT molecular complexity index is 503. The van der Waals surface area contributed by atoms with E-state index in [1.54, 1.807) is 17.8 Å². The second-order valence-electron chi connectivity index (χ2n) is 4.12. The molecule has 0 saturated carbocycles. The zero-order valence-corrected chi connectivity index (χ0v) is 14.0. The Hall–Kier alpha value is -0.990. The van der Waals surface area contributed by atoms with Crippen LogP contribution in [0.4, 0.5) is 0 Å². The number of carboxylic acid groups (broad SMARTS) is 2. The topological polar surface area (TPSA) is 127 Å². The lowest BCUT2D eigenvalue weighted by atomic mass is 10.2. The van der Waals surface area contributed by atoms with E-state index in [1.807, 2.05) is 12.1 Å². The van der Waals surface area contributed by atoms with Crippen molar-refractivity contribution in [1.29, 1.82) is 0 Å². The molecule has 0 aliphatic rings. The number of benzene rings is 1. The van der Waals surface area contributed by atoms with Gasteiger partial charge in [0.15, 0.2) is 0 Å². The third-order valence-electron chi connectivity index (χ3n) is 2.25. The Balaban J connectivity index is 0.000000433. The summed E-state index contributed by atoms with van der Waals surface area (Å²) < 4.78 is 0. The minimum atomic E-state index is -1.29. The van der Waals surface area contributed by atoms with Crippen LogP contribution in [0, 0.1) is 0 Å². The van der Waals surface area contributed by atoms with Gasteiger partial charge in [-0.25, -0.2) is 0 Å². The molecule has 6 nitrogen and oxygen atoms in total. The molecule has 0 aromatic heterocycles. The van der Waals surface area contributed by atoms with Crippen LogP contribution in [0.15, 0.2) is 18.2 Å². The van der Waals surface area contributed by atoms with Gasteiger partial charge in [-0.3, -0.25) is 9.59 Å². The molecule has 0 bridgehead atoms. The zero-order chi connectivity index (χ0) is 17.1. The quantitative estimate of drug-likeness (QED) is 0.542. The largest absolute Gasteiger partial charge is 0.481 e. The molecule has 0 spiro atoms. The molecule has 0 unspecified atom stereocenters. The number of aliphatic carboxylic acids is 2. The van der Waals surface area contributed by atoms with Gasteiger partial charge in [0.25, 0.3) is 0 Å². The Morgan fingerprint density at radius 2 is 1.91 bits per heavy atom. The summed E-state index contributed by atoms with van der Waals surface area (Å²) in [5, 5.41) is 17.4. The third-order valence-corrected chi connectivity index (χ3v) is 3.87.